The van der Waals surface area contributed by atoms with Gasteiger partial charge >= 0.3 is 0 Å². The number of fused-ring (bicyclic) bond motifs is 1. The van der Waals surface area contributed by atoms with Gasteiger partial charge in [0.1, 0.15) is 0 Å². The lowest BCUT2D eigenvalue weighted by molar-refractivity contribution is -0.116. The molecule has 0 atom stereocenters. The summed E-state index contributed by atoms with van der Waals surface area (Å²) in [6.45, 7) is 0.660. The van der Waals surface area contributed by atoms with Gasteiger partial charge in [-0.15, -0.1) is 0 Å². The highest BCUT2D eigenvalue weighted by Crippen LogP contribution is 2.28. The van der Waals surface area contributed by atoms with Crippen molar-refractivity contribution in [3.8, 4) is 0 Å². The highest BCUT2D eigenvalue weighted by molar-refractivity contribution is 5.99. The van der Waals surface area contributed by atoms with Crippen LogP contribution in [0.3, 0.4) is 0 Å². The maximum Gasteiger partial charge on any atom is 0.251 e. The Labute approximate surface area is 164 Å². The number of carbonyl (C=O) groups excluding carboxylic acids is 2. The molecule has 0 aromatic heterocycles. The van der Waals surface area contributed by atoms with E-state index in [2.05, 4.69) is 10.6 Å². The second-order valence-electron chi connectivity index (χ2n) is 7.00. The van der Waals surface area contributed by atoms with Gasteiger partial charge in [0, 0.05) is 30.1 Å². The van der Waals surface area contributed by atoms with Crippen molar-refractivity contribution in [1.29, 1.82) is 0 Å². The molecule has 3 aromatic carbocycles. The van der Waals surface area contributed by atoms with E-state index in [1.54, 1.807) is 6.07 Å². The van der Waals surface area contributed by atoms with Gasteiger partial charge in [0.2, 0.25) is 5.91 Å². The first-order valence-electron chi connectivity index (χ1n) is 9.51. The molecule has 4 rings (SSSR count). The Morgan fingerprint density at radius 1 is 0.929 bits per heavy atom. The first kappa shape index (κ1) is 18.0. The highest BCUT2D eigenvalue weighted by Gasteiger charge is 2.20. The van der Waals surface area contributed by atoms with Crippen molar-refractivity contribution in [2.75, 3.05) is 11.9 Å². The Balaban J connectivity index is 1.54. The molecule has 0 saturated heterocycles. The van der Waals surface area contributed by atoms with E-state index < -0.39 is 0 Å². The van der Waals surface area contributed by atoms with Crippen LogP contribution in [0, 0.1) is 0 Å². The predicted octanol–water partition coefficient (Wildman–Crippen LogP) is 4.13. The molecule has 1 heterocycles. The molecule has 0 fully saturated rings. The Morgan fingerprint density at radius 3 is 2.21 bits per heavy atom. The number of hydrogen-bond donors (Lipinski definition) is 2. The zero-order chi connectivity index (χ0) is 19.3. The van der Waals surface area contributed by atoms with Gasteiger partial charge in [0.05, 0.1) is 0 Å². The molecule has 4 nitrogen and oxygen atoms in total. The number of carbonyl (C=O) groups is 2. The van der Waals surface area contributed by atoms with Crippen molar-refractivity contribution >= 4 is 17.5 Å². The van der Waals surface area contributed by atoms with Gasteiger partial charge in [0.15, 0.2) is 0 Å². The summed E-state index contributed by atoms with van der Waals surface area (Å²) in [5.41, 5.74) is 4.53. The van der Waals surface area contributed by atoms with Gasteiger partial charge < -0.3 is 10.6 Å². The summed E-state index contributed by atoms with van der Waals surface area (Å²) in [4.78, 5) is 24.9. The summed E-state index contributed by atoms with van der Waals surface area (Å²) in [6, 6.07) is 25.7. The second kappa shape index (κ2) is 8.09. The highest BCUT2D eigenvalue weighted by atomic mass is 16.2. The summed E-state index contributed by atoms with van der Waals surface area (Å²) in [5, 5.41) is 5.81. The van der Waals surface area contributed by atoms with Crippen molar-refractivity contribution in [3.63, 3.8) is 0 Å². The van der Waals surface area contributed by atoms with E-state index in [4.69, 9.17) is 0 Å². The van der Waals surface area contributed by atoms with Crippen LogP contribution in [0.2, 0.25) is 0 Å². The van der Waals surface area contributed by atoms with Crippen LogP contribution < -0.4 is 10.6 Å². The van der Waals surface area contributed by atoms with E-state index in [0.717, 1.165) is 23.1 Å². The van der Waals surface area contributed by atoms with Crippen LogP contribution in [0.25, 0.3) is 0 Å². The number of amides is 2. The topological polar surface area (TPSA) is 58.2 Å². The quantitative estimate of drug-likeness (QED) is 0.709. The van der Waals surface area contributed by atoms with Gasteiger partial charge in [-0.25, -0.2) is 0 Å². The first-order chi connectivity index (χ1) is 13.7. The van der Waals surface area contributed by atoms with Crippen LogP contribution in [0.4, 0.5) is 5.69 Å². The summed E-state index contributed by atoms with van der Waals surface area (Å²) in [6.07, 6.45) is 1.15. The molecule has 140 valence electrons. The molecule has 0 bridgehead atoms. The Bertz CT molecular complexity index is 945. The van der Waals surface area contributed by atoms with Gasteiger partial charge in [-0.05, 0) is 35.2 Å². The number of nitrogens with one attached hydrogen (secondary N) is 2. The van der Waals surface area contributed by atoms with Crippen LogP contribution >= 0.6 is 0 Å². The fraction of sp³-hybridized carbons (Fsp3) is 0.167. The Kier molecular flexibility index (Phi) is 5.20. The lowest BCUT2D eigenvalue weighted by atomic mass is 9.88. The molecule has 2 amide bonds. The molecule has 1 aliphatic rings. The Hall–Kier alpha value is -3.40. The number of hydrogen-bond acceptors (Lipinski definition) is 2. The third kappa shape index (κ3) is 3.96. The minimum atomic E-state index is -0.0798. The average Bonchev–Trinajstić information content (AvgIpc) is 2.74. The first-order valence-corrected chi connectivity index (χ1v) is 9.51. The molecule has 3 aromatic rings. The minimum Gasteiger partial charge on any atom is -0.352 e. The largest absolute Gasteiger partial charge is 0.352 e. The smallest absolute Gasteiger partial charge is 0.251 e. The molecule has 0 spiro atoms. The monoisotopic (exact) mass is 370 g/mol. The van der Waals surface area contributed by atoms with Crippen molar-refractivity contribution in [2.24, 2.45) is 0 Å². The van der Waals surface area contributed by atoms with Gasteiger partial charge in [0.25, 0.3) is 5.91 Å². The van der Waals surface area contributed by atoms with E-state index in [-0.39, 0.29) is 17.7 Å². The third-order valence-corrected chi connectivity index (χ3v) is 5.11. The molecular formula is C24H22N2O2. The summed E-state index contributed by atoms with van der Waals surface area (Å²) >= 11 is 0. The van der Waals surface area contributed by atoms with Crippen LogP contribution in [-0.4, -0.2) is 18.4 Å². The number of benzene rings is 3. The lowest BCUT2D eigenvalue weighted by Crippen LogP contribution is -2.31. The SMILES string of the molecule is O=C(CC(c1ccccc1)c1ccccc1)Nc1ccc2c(c1)C(=O)NCC2. The Morgan fingerprint density at radius 2 is 1.57 bits per heavy atom. The van der Waals surface area contributed by atoms with Crippen LogP contribution in [0.15, 0.2) is 78.9 Å². The molecule has 2 N–H and O–H groups in total. The fourth-order valence-electron chi connectivity index (χ4n) is 3.69. The van der Waals surface area contributed by atoms with E-state index in [1.807, 2.05) is 72.8 Å². The molecule has 1 aliphatic heterocycles. The summed E-state index contributed by atoms with van der Waals surface area (Å²) in [5.74, 6) is -0.180. The number of rotatable bonds is 5. The van der Waals surface area contributed by atoms with Gasteiger partial charge in [-0.1, -0.05) is 66.7 Å². The van der Waals surface area contributed by atoms with Gasteiger partial charge in [-0.3, -0.25) is 9.59 Å². The van der Waals surface area contributed by atoms with Crippen LogP contribution in [0.1, 0.15) is 39.4 Å². The van der Waals surface area contributed by atoms with Crippen molar-refractivity contribution < 1.29 is 9.59 Å². The minimum absolute atomic E-state index is 0.0247. The molecule has 4 heteroatoms. The van der Waals surface area contributed by atoms with E-state index >= 15 is 0 Å². The lowest BCUT2D eigenvalue weighted by Gasteiger charge is -2.19. The van der Waals surface area contributed by atoms with Crippen molar-refractivity contribution in [1.82, 2.24) is 5.32 Å². The van der Waals surface area contributed by atoms with Crippen LogP contribution in [0.5, 0.6) is 0 Å². The van der Waals surface area contributed by atoms with E-state index in [0.29, 0.717) is 24.2 Å². The second-order valence-corrected chi connectivity index (χ2v) is 7.00. The third-order valence-electron chi connectivity index (χ3n) is 5.11. The predicted molar refractivity (Wildman–Crippen MR) is 110 cm³/mol. The zero-order valence-electron chi connectivity index (χ0n) is 15.5. The molecule has 0 aliphatic carbocycles. The zero-order valence-corrected chi connectivity index (χ0v) is 15.5. The van der Waals surface area contributed by atoms with Crippen molar-refractivity contribution in [2.45, 2.75) is 18.8 Å². The maximum atomic E-state index is 12.8. The van der Waals surface area contributed by atoms with Gasteiger partial charge in [-0.2, -0.15) is 0 Å². The van der Waals surface area contributed by atoms with E-state index in [1.165, 1.54) is 0 Å². The summed E-state index contributed by atoms with van der Waals surface area (Å²) < 4.78 is 0. The molecular weight excluding hydrogens is 348 g/mol. The maximum absolute atomic E-state index is 12.8. The average molecular weight is 370 g/mol. The molecule has 0 radical (unpaired) electrons. The molecule has 28 heavy (non-hydrogen) atoms. The fourth-order valence-corrected chi connectivity index (χ4v) is 3.69. The molecule has 0 saturated carbocycles. The standard InChI is InChI=1S/C24H22N2O2/c27-23(26-20-12-11-19-13-14-25-24(28)22(19)15-20)16-21(17-7-3-1-4-8-17)18-9-5-2-6-10-18/h1-12,15,21H,13-14,16H2,(H,25,28)(H,26,27). The summed E-state index contributed by atoms with van der Waals surface area (Å²) in [7, 11) is 0. The number of anilines is 1. The van der Waals surface area contributed by atoms with Crippen LogP contribution in [-0.2, 0) is 11.2 Å². The van der Waals surface area contributed by atoms with E-state index in [9.17, 15) is 9.59 Å². The molecule has 0 unspecified atom stereocenters. The van der Waals surface area contributed by atoms with Crippen molar-refractivity contribution in [3.05, 3.63) is 101 Å². The normalized spacial score (nSPS) is 13.0.